The number of urea groups is 1. The Labute approximate surface area is 157 Å². The van der Waals surface area contributed by atoms with E-state index in [2.05, 4.69) is 10.6 Å². The number of benzene rings is 2. The molecule has 27 heavy (non-hydrogen) atoms. The van der Waals surface area contributed by atoms with Crippen molar-refractivity contribution in [2.75, 3.05) is 19.0 Å². The molecular formula is C20H21N3O4. The van der Waals surface area contributed by atoms with Crippen molar-refractivity contribution >= 4 is 23.5 Å². The Hall–Kier alpha value is -3.35. The minimum absolute atomic E-state index is 0.350. The molecule has 3 rings (SSSR count). The molecule has 4 amide bonds. The normalized spacial score (nSPS) is 19.0. The lowest BCUT2D eigenvalue weighted by atomic mass is 9.87. The van der Waals surface area contributed by atoms with Crippen molar-refractivity contribution in [1.82, 2.24) is 10.2 Å². The van der Waals surface area contributed by atoms with Crippen LogP contribution in [0.25, 0.3) is 0 Å². The largest absolute Gasteiger partial charge is 0.497 e. The average molecular weight is 367 g/mol. The van der Waals surface area contributed by atoms with E-state index < -0.39 is 23.4 Å². The second kappa shape index (κ2) is 7.49. The molecule has 0 unspecified atom stereocenters. The predicted molar refractivity (Wildman–Crippen MR) is 100 cm³/mol. The Morgan fingerprint density at radius 1 is 1.11 bits per heavy atom. The number of anilines is 1. The molecule has 2 N–H and O–H groups in total. The Bertz CT molecular complexity index is 851. The maximum absolute atomic E-state index is 13.0. The van der Waals surface area contributed by atoms with E-state index in [1.54, 1.807) is 55.6 Å². The smallest absolute Gasteiger partial charge is 0.325 e. The van der Waals surface area contributed by atoms with Gasteiger partial charge in [-0.1, -0.05) is 37.3 Å². The van der Waals surface area contributed by atoms with Gasteiger partial charge >= 0.3 is 6.03 Å². The average Bonchev–Trinajstić information content (AvgIpc) is 2.94. The molecule has 0 spiro atoms. The lowest BCUT2D eigenvalue weighted by Crippen LogP contribution is -2.44. The molecule has 1 aliphatic heterocycles. The Morgan fingerprint density at radius 2 is 1.78 bits per heavy atom. The molecule has 0 bridgehead atoms. The number of methoxy groups -OCH3 is 1. The van der Waals surface area contributed by atoms with E-state index in [9.17, 15) is 14.4 Å². The fourth-order valence-corrected chi connectivity index (χ4v) is 3.15. The summed E-state index contributed by atoms with van der Waals surface area (Å²) >= 11 is 0. The van der Waals surface area contributed by atoms with Gasteiger partial charge < -0.3 is 15.4 Å². The SMILES string of the molecule is CC[C@]1(c2ccc(OC)cc2)NC(=O)N(CC(=O)Nc2ccccc2)C1=O. The summed E-state index contributed by atoms with van der Waals surface area (Å²) in [6.45, 7) is 1.47. The van der Waals surface area contributed by atoms with Crippen LogP contribution in [-0.2, 0) is 15.1 Å². The van der Waals surface area contributed by atoms with Gasteiger partial charge in [0, 0.05) is 5.69 Å². The number of amides is 4. The zero-order valence-corrected chi connectivity index (χ0v) is 15.2. The molecule has 1 aliphatic rings. The highest BCUT2D eigenvalue weighted by molar-refractivity contribution is 6.10. The summed E-state index contributed by atoms with van der Waals surface area (Å²) < 4.78 is 5.14. The fourth-order valence-electron chi connectivity index (χ4n) is 3.15. The molecule has 1 atom stereocenters. The van der Waals surface area contributed by atoms with Crippen LogP contribution in [0.1, 0.15) is 18.9 Å². The lowest BCUT2D eigenvalue weighted by molar-refractivity contribution is -0.134. The summed E-state index contributed by atoms with van der Waals surface area (Å²) in [5.41, 5.74) is 0.0673. The van der Waals surface area contributed by atoms with Crippen molar-refractivity contribution in [3.8, 4) is 5.75 Å². The molecule has 140 valence electrons. The number of rotatable bonds is 6. The second-order valence-corrected chi connectivity index (χ2v) is 6.22. The molecule has 7 nitrogen and oxygen atoms in total. The monoisotopic (exact) mass is 367 g/mol. The number of para-hydroxylation sites is 1. The zero-order chi connectivity index (χ0) is 19.4. The minimum atomic E-state index is -1.18. The molecule has 2 aromatic carbocycles. The van der Waals surface area contributed by atoms with Crippen LogP contribution < -0.4 is 15.4 Å². The number of hydrogen-bond donors (Lipinski definition) is 2. The number of hydrogen-bond acceptors (Lipinski definition) is 4. The molecule has 1 saturated heterocycles. The van der Waals surface area contributed by atoms with E-state index in [4.69, 9.17) is 4.74 Å². The van der Waals surface area contributed by atoms with Crippen molar-refractivity contribution in [3.05, 3.63) is 60.2 Å². The summed E-state index contributed by atoms with van der Waals surface area (Å²) in [5.74, 6) is -0.226. The van der Waals surface area contributed by atoms with Gasteiger partial charge in [-0.25, -0.2) is 4.79 Å². The number of imide groups is 1. The molecule has 0 aliphatic carbocycles. The summed E-state index contributed by atoms with van der Waals surface area (Å²) in [4.78, 5) is 38.7. The van der Waals surface area contributed by atoms with Gasteiger partial charge in [0.2, 0.25) is 5.91 Å². The van der Waals surface area contributed by atoms with Crippen LogP contribution in [0.2, 0.25) is 0 Å². The standard InChI is InChI=1S/C20H21N3O4/c1-3-20(14-9-11-16(27-2)12-10-14)18(25)23(19(26)22-20)13-17(24)21-15-7-5-4-6-8-15/h4-12H,3,13H2,1-2H3,(H,21,24)(H,22,26)/t20-/m1/s1. The first-order chi connectivity index (χ1) is 13.0. The Balaban J connectivity index is 1.79. The van der Waals surface area contributed by atoms with E-state index in [1.165, 1.54) is 0 Å². The van der Waals surface area contributed by atoms with E-state index in [1.807, 2.05) is 13.0 Å². The van der Waals surface area contributed by atoms with Crippen molar-refractivity contribution in [3.63, 3.8) is 0 Å². The quantitative estimate of drug-likeness (QED) is 0.768. The number of ether oxygens (including phenoxy) is 1. The molecule has 0 saturated carbocycles. The summed E-state index contributed by atoms with van der Waals surface area (Å²) in [6.07, 6.45) is 0.362. The topological polar surface area (TPSA) is 87.7 Å². The fraction of sp³-hybridized carbons (Fsp3) is 0.250. The van der Waals surface area contributed by atoms with Crippen molar-refractivity contribution < 1.29 is 19.1 Å². The first kappa shape index (κ1) is 18.4. The van der Waals surface area contributed by atoms with Crippen molar-refractivity contribution in [2.45, 2.75) is 18.9 Å². The first-order valence-corrected chi connectivity index (χ1v) is 8.63. The highest BCUT2D eigenvalue weighted by atomic mass is 16.5. The van der Waals surface area contributed by atoms with Gasteiger partial charge in [0.1, 0.15) is 17.8 Å². The molecule has 1 heterocycles. The number of carbonyl (C=O) groups excluding carboxylic acids is 3. The van der Waals surface area contributed by atoms with E-state index >= 15 is 0 Å². The highest BCUT2D eigenvalue weighted by Crippen LogP contribution is 2.33. The van der Waals surface area contributed by atoms with E-state index in [0.29, 0.717) is 23.4 Å². The minimum Gasteiger partial charge on any atom is -0.497 e. The van der Waals surface area contributed by atoms with E-state index in [-0.39, 0.29) is 6.54 Å². The van der Waals surface area contributed by atoms with E-state index in [0.717, 1.165) is 4.90 Å². The number of carbonyl (C=O) groups is 3. The molecule has 1 fully saturated rings. The van der Waals surface area contributed by atoms with Crippen LogP contribution in [0.4, 0.5) is 10.5 Å². The second-order valence-electron chi connectivity index (χ2n) is 6.22. The van der Waals surface area contributed by atoms with Crippen LogP contribution in [0, 0.1) is 0 Å². The van der Waals surface area contributed by atoms with Crippen molar-refractivity contribution in [2.24, 2.45) is 0 Å². The van der Waals surface area contributed by atoms with Gasteiger partial charge in [0.25, 0.3) is 5.91 Å². The predicted octanol–water partition coefficient (Wildman–Crippen LogP) is 2.49. The first-order valence-electron chi connectivity index (χ1n) is 8.63. The van der Waals surface area contributed by atoms with Gasteiger partial charge in [-0.3, -0.25) is 14.5 Å². The number of nitrogens with one attached hydrogen (secondary N) is 2. The third kappa shape index (κ3) is 3.48. The summed E-state index contributed by atoms with van der Waals surface area (Å²) in [6, 6.07) is 15.2. The maximum Gasteiger partial charge on any atom is 0.325 e. The van der Waals surface area contributed by atoms with Gasteiger partial charge in [0.15, 0.2) is 0 Å². The highest BCUT2D eigenvalue weighted by Gasteiger charge is 2.51. The molecule has 0 radical (unpaired) electrons. The maximum atomic E-state index is 13.0. The molecule has 2 aromatic rings. The number of nitrogens with zero attached hydrogens (tertiary/aromatic N) is 1. The van der Waals surface area contributed by atoms with Gasteiger partial charge in [-0.05, 0) is 36.2 Å². The van der Waals surface area contributed by atoms with Gasteiger partial charge in [-0.2, -0.15) is 0 Å². The Morgan fingerprint density at radius 3 is 2.37 bits per heavy atom. The summed E-state index contributed by atoms with van der Waals surface area (Å²) in [7, 11) is 1.56. The van der Waals surface area contributed by atoms with Crippen LogP contribution in [0.3, 0.4) is 0 Å². The van der Waals surface area contributed by atoms with Crippen LogP contribution >= 0.6 is 0 Å². The van der Waals surface area contributed by atoms with Crippen LogP contribution in [-0.4, -0.2) is 36.4 Å². The Kier molecular flexibility index (Phi) is 5.12. The molecular weight excluding hydrogens is 346 g/mol. The third-order valence-electron chi connectivity index (χ3n) is 4.65. The van der Waals surface area contributed by atoms with Gasteiger partial charge in [-0.15, -0.1) is 0 Å². The molecule has 0 aromatic heterocycles. The van der Waals surface area contributed by atoms with Crippen LogP contribution in [0.5, 0.6) is 5.75 Å². The third-order valence-corrected chi connectivity index (χ3v) is 4.65. The summed E-state index contributed by atoms with van der Waals surface area (Å²) in [5, 5.41) is 5.44. The van der Waals surface area contributed by atoms with Crippen molar-refractivity contribution in [1.29, 1.82) is 0 Å². The van der Waals surface area contributed by atoms with Gasteiger partial charge in [0.05, 0.1) is 7.11 Å². The lowest BCUT2D eigenvalue weighted by Gasteiger charge is -2.26. The zero-order valence-electron chi connectivity index (χ0n) is 15.2. The molecule has 7 heteroatoms. The van der Waals surface area contributed by atoms with Crippen LogP contribution in [0.15, 0.2) is 54.6 Å².